The summed E-state index contributed by atoms with van der Waals surface area (Å²) in [5.41, 5.74) is 0. The summed E-state index contributed by atoms with van der Waals surface area (Å²) in [6.45, 7) is 3.01. The van der Waals surface area contributed by atoms with E-state index in [0.29, 0.717) is 0 Å². The van der Waals surface area contributed by atoms with Gasteiger partial charge in [-0.1, -0.05) is 6.58 Å². The Hall–Kier alpha value is -0.550. The lowest BCUT2D eigenvalue weighted by molar-refractivity contribution is 0.309. The maximum Gasteiger partial charge on any atom is 0.448 e. The van der Waals surface area contributed by atoms with E-state index >= 15 is 0 Å². The van der Waals surface area contributed by atoms with Gasteiger partial charge in [-0.15, -0.1) is 0 Å². The van der Waals surface area contributed by atoms with Crippen molar-refractivity contribution in [3.8, 4) is 0 Å². The third-order valence-electron chi connectivity index (χ3n) is 0.390. The van der Waals surface area contributed by atoms with Gasteiger partial charge in [0.05, 0.1) is 7.11 Å². The molecule has 0 spiro atoms. The molecule has 0 N–H and O–H groups in total. The van der Waals surface area contributed by atoms with Crippen LogP contribution in [-0.2, 0) is 18.8 Å². The van der Waals surface area contributed by atoms with E-state index in [0.717, 1.165) is 13.4 Å². The fourth-order valence-corrected chi connectivity index (χ4v) is 0.368. The normalized spacial score (nSPS) is 10.6. The molecule has 0 rings (SSSR count). The average molecular weight is 138 g/mol. The second-order valence-corrected chi connectivity index (χ2v) is 2.18. The maximum atomic E-state index is 10.1. The first-order valence-corrected chi connectivity index (χ1v) is 3.05. The lowest BCUT2D eigenvalue weighted by Crippen LogP contribution is -2.01. The van der Waals surface area contributed by atoms with Gasteiger partial charge in [0.2, 0.25) is 0 Å². The van der Waals surface area contributed by atoms with Crippen molar-refractivity contribution in [2.75, 3.05) is 7.11 Å². The molecule has 0 fully saturated rings. The monoisotopic (exact) mass is 138 g/mol. The minimum absolute atomic E-state index is 0.777. The Morgan fingerprint density at radius 1 is 1.62 bits per heavy atom. The summed E-state index contributed by atoms with van der Waals surface area (Å²) < 4.78 is 27.9. The van der Waals surface area contributed by atoms with Gasteiger partial charge in [0.25, 0.3) is 0 Å². The Bertz CT molecular complexity index is 156. The fourth-order valence-electron chi connectivity index (χ4n) is 0.123. The Kier molecular flexibility index (Phi) is 2.50. The second-order valence-electron chi connectivity index (χ2n) is 0.838. The molecule has 0 aromatic heterocycles. The molecule has 48 valence electrons. The summed E-state index contributed by atoms with van der Waals surface area (Å²) in [6, 6.07) is 0. The standard InChI is InChI=1S/C3H6O4S/c1-3-7-8(4,5)6-2/h3H,1H2,2H3. The first-order valence-electron chi connectivity index (χ1n) is 1.72. The zero-order valence-corrected chi connectivity index (χ0v) is 5.14. The first-order chi connectivity index (χ1) is 3.62. The Morgan fingerprint density at radius 2 is 2.12 bits per heavy atom. The molecule has 0 aliphatic heterocycles. The van der Waals surface area contributed by atoms with Crippen LogP contribution in [0, 0.1) is 0 Å². The van der Waals surface area contributed by atoms with Gasteiger partial charge in [0.1, 0.15) is 6.26 Å². The number of hydrogen-bond acceptors (Lipinski definition) is 4. The molecule has 0 aliphatic carbocycles. The first kappa shape index (κ1) is 7.45. The predicted octanol–water partition coefficient (Wildman–Crippen LogP) is 0.0377. The molecule has 0 aromatic rings. The molecular formula is C3H6O4S. The van der Waals surface area contributed by atoms with Gasteiger partial charge >= 0.3 is 10.4 Å². The van der Waals surface area contributed by atoms with Crippen molar-refractivity contribution in [1.29, 1.82) is 0 Å². The van der Waals surface area contributed by atoms with Gasteiger partial charge in [-0.05, 0) is 0 Å². The van der Waals surface area contributed by atoms with Gasteiger partial charge < -0.3 is 4.18 Å². The van der Waals surface area contributed by atoms with Crippen molar-refractivity contribution in [1.82, 2.24) is 0 Å². The van der Waals surface area contributed by atoms with E-state index in [9.17, 15) is 8.42 Å². The molecule has 0 aromatic carbocycles. The molecule has 0 unspecified atom stereocenters. The van der Waals surface area contributed by atoms with Crippen LogP contribution < -0.4 is 0 Å². The van der Waals surface area contributed by atoms with Crippen LogP contribution in [0.4, 0.5) is 0 Å². The largest absolute Gasteiger partial charge is 0.448 e. The summed E-state index contributed by atoms with van der Waals surface area (Å²) in [5.74, 6) is 0. The summed E-state index contributed by atoms with van der Waals surface area (Å²) >= 11 is 0. The third kappa shape index (κ3) is 2.59. The van der Waals surface area contributed by atoms with Crippen LogP contribution in [0.3, 0.4) is 0 Å². The van der Waals surface area contributed by atoms with Gasteiger partial charge in [-0.2, -0.15) is 8.42 Å². The smallest absolute Gasteiger partial charge is 0.370 e. The SMILES string of the molecule is C=COS(=O)(=O)OC. The van der Waals surface area contributed by atoms with Crippen LogP contribution in [0.1, 0.15) is 0 Å². The van der Waals surface area contributed by atoms with Gasteiger partial charge in [-0.25, -0.2) is 4.18 Å². The molecule has 0 radical (unpaired) electrons. The molecule has 0 atom stereocenters. The highest BCUT2D eigenvalue weighted by atomic mass is 32.3. The number of rotatable bonds is 3. The van der Waals surface area contributed by atoms with Crippen molar-refractivity contribution in [3.05, 3.63) is 12.8 Å². The zero-order chi connectivity index (χ0) is 6.62. The molecule has 0 bridgehead atoms. The van der Waals surface area contributed by atoms with Crippen LogP contribution in [-0.4, -0.2) is 15.5 Å². The van der Waals surface area contributed by atoms with Crippen molar-refractivity contribution in [2.45, 2.75) is 0 Å². The molecule has 5 heteroatoms. The van der Waals surface area contributed by atoms with Gasteiger partial charge in [0.15, 0.2) is 0 Å². The average Bonchev–Trinajstić information content (AvgIpc) is 1.67. The van der Waals surface area contributed by atoms with E-state index in [2.05, 4.69) is 14.9 Å². The highest BCUT2D eigenvalue weighted by molar-refractivity contribution is 7.81. The minimum atomic E-state index is -3.79. The predicted molar refractivity (Wildman–Crippen MR) is 27.2 cm³/mol. The molecule has 4 nitrogen and oxygen atoms in total. The zero-order valence-electron chi connectivity index (χ0n) is 4.33. The van der Waals surface area contributed by atoms with Crippen LogP contribution in [0.25, 0.3) is 0 Å². The quantitative estimate of drug-likeness (QED) is 0.516. The fraction of sp³-hybridized carbons (Fsp3) is 0.333. The Labute approximate surface area is 48.1 Å². The van der Waals surface area contributed by atoms with Crippen molar-refractivity contribution in [3.63, 3.8) is 0 Å². The van der Waals surface area contributed by atoms with E-state index in [4.69, 9.17) is 0 Å². The molecule has 0 heterocycles. The van der Waals surface area contributed by atoms with Crippen LogP contribution in [0.2, 0.25) is 0 Å². The maximum absolute atomic E-state index is 10.1. The highest BCUT2D eigenvalue weighted by Crippen LogP contribution is 1.90. The van der Waals surface area contributed by atoms with Crippen molar-refractivity contribution >= 4 is 10.4 Å². The summed E-state index contributed by atoms with van der Waals surface area (Å²) in [4.78, 5) is 0. The molecule has 0 saturated carbocycles. The van der Waals surface area contributed by atoms with Crippen LogP contribution in [0.5, 0.6) is 0 Å². The van der Waals surface area contributed by atoms with E-state index in [1.54, 1.807) is 0 Å². The van der Waals surface area contributed by atoms with Crippen LogP contribution >= 0.6 is 0 Å². The molecule has 0 amide bonds. The van der Waals surface area contributed by atoms with E-state index < -0.39 is 10.4 Å². The highest BCUT2D eigenvalue weighted by Gasteiger charge is 2.03. The third-order valence-corrected chi connectivity index (χ3v) is 1.17. The van der Waals surface area contributed by atoms with E-state index in [-0.39, 0.29) is 0 Å². The molecule has 0 saturated heterocycles. The molecule has 0 aliphatic rings. The second kappa shape index (κ2) is 2.68. The lowest BCUT2D eigenvalue weighted by atomic mass is 11.2. The Morgan fingerprint density at radius 3 is 2.25 bits per heavy atom. The summed E-state index contributed by atoms with van der Waals surface area (Å²) in [6.07, 6.45) is 0.777. The summed E-state index contributed by atoms with van der Waals surface area (Å²) in [5, 5.41) is 0. The lowest BCUT2D eigenvalue weighted by Gasteiger charge is -1.94. The minimum Gasteiger partial charge on any atom is -0.370 e. The van der Waals surface area contributed by atoms with Gasteiger partial charge in [0, 0.05) is 0 Å². The number of hydrogen-bond donors (Lipinski definition) is 0. The van der Waals surface area contributed by atoms with Crippen LogP contribution in [0.15, 0.2) is 12.8 Å². The molecular weight excluding hydrogens is 132 g/mol. The topological polar surface area (TPSA) is 52.6 Å². The van der Waals surface area contributed by atoms with Crippen molar-refractivity contribution in [2.24, 2.45) is 0 Å². The van der Waals surface area contributed by atoms with Gasteiger partial charge in [-0.3, -0.25) is 0 Å². The van der Waals surface area contributed by atoms with Crippen molar-refractivity contribution < 1.29 is 16.8 Å². The van der Waals surface area contributed by atoms with E-state index in [1.165, 1.54) is 0 Å². The molecule has 8 heavy (non-hydrogen) atoms. The Balaban J connectivity index is 3.94. The van der Waals surface area contributed by atoms with E-state index in [1.807, 2.05) is 0 Å². The summed E-state index contributed by atoms with van der Waals surface area (Å²) in [7, 11) is -2.79.